The lowest BCUT2D eigenvalue weighted by Crippen LogP contribution is -2.10. The fraction of sp³-hybridized carbons (Fsp3) is 0.364. The number of hydrogen-bond acceptors (Lipinski definition) is 2. The molecule has 1 heterocycles. The van der Waals surface area contributed by atoms with E-state index in [0.29, 0.717) is 0 Å². The van der Waals surface area contributed by atoms with Crippen LogP contribution in [0.4, 0.5) is 4.39 Å². The average molecular weight is 193 g/mol. The number of nitrogens with zero attached hydrogens (tertiary/aromatic N) is 1. The van der Waals surface area contributed by atoms with E-state index in [-0.39, 0.29) is 11.9 Å². The highest BCUT2D eigenvalue weighted by atomic mass is 19.1. The van der Waals surface area contributed by atoms with E-state index >= 15 is 0 Å². The Hall–Kier alpha value is -1.38. The molecule has 14 heavy (non-hydrogen) atoms. The molecule has 0 N–H and O–H groups in total. The molecule has 0 radical (unpaired) electrons. The molecular formula is C11H12FNO. The molecule has 74 valence electrons. The molecule has 0 spiro atoms. The number of rotatable bonds is 2. The van der Waals surface area contributed by atoms with Gasteiger partial charge in [0.25, 0.3) is 0 Å². The molecule has 0 saturated carbocycles. The van der Waals surface area contributed by atoms with Gasteiger partial charge < -0.3 is 4.84 Å². The molecule has 1 aliphatic rings. The van der Waals surface area contributed by atoms with Gasteiger partial charge in [0.05, 0.1) is 5.71 Å². The maximum atomic E-state index is 12.6. The number of hydrogen-bond donors (Lipinski definition) is 0. The van der Waals surface area contributed by atoms with Crippen LogP contribution in [0.5, 0.6) is 0 Å². The lowest BCUT2D eigenvalue weighted by molar-refractivity contribution is 0.0859. The van der Waals surface area contributed by atoms with Crippen molar-refractivity contribution in [3.05, 3.63) is 35.6 Å². The molecule has 2 rings (SSSR count). The summed E-state index contributed by atoms with van der Waals surface area (Å²) in [7, 11) is 0. The van der Waals surface area contributed by atoms with Gasteiger partial charge in [0.1, 0.15) is 11.9 Å². The predicted molar refractivity (Wildman–Crippen MR) is 52.7 cm³/mol. The Labute approximate surface area is 82.4 Å². The topological polar surface area (TPSA) is 21.6 Å². The van der Waals surface area contributed by atoms with E-state index in [4.69, 9.17) is 4.84 Å². The van der Waals surface area contributed by atoms with E-state index < -0.39 is 0 Å². The Balaban J connectivity index is 1.95. The van der Waals surface area contributed by atoms with Gasteiger partial charge >= 0.3 is 0 Å². The summed E-state index contributed by atoms with van der Waals surface area (Å²) in [5.41, 5.74) is 2.11. The van der Waals surface area contributed by atoms with Crippen LogP contribution in [0.15, 0.2) is 29.4 Å². The molecule has 0 amide bonds. The van der Waals surface area contributed by atoms with Gasteiger partial charge in [-0.05, 0) is 24.6 Å². The second-order valence-corrected chi connectivity index (χ2v) is 3.59. The van der Waals surface area contributed by atoms with Crippen LogP contribution < -0.4 is 0 Å². The summed E-state index contributed by atoms with van der Waals surface area (Å²) in [5, 5.41) is 3.87. The van der Waals surface area contributed by atoms with E-state index in [1.165, 1.54) is 12.1 Å². The molecule has 0 saturated heterocycles. The lowest BCUT2D eigenvalue weighted by atomic mass is 10.0. The van der Waals surface area contributed by atoms with Crippen molar-refractivity contribution in [2.45, 2.75) is 25.9 Å². The van der Waals surface area contributed by atoms with Gasteiger partial charge in [-0.2, -0.15) is 0 Å². The molecule has 1 atom stereocenters. The van der Waals surface area contributed by atoms with Crippen molar-refractivity contribution in [1.29, 1.82) is 0 Å². The fourth-order valence-electron chi connectivity index (χ4n) is 1.56. The molecule has 1 aromatic carbocycles. The highest BCUT2D eigenvalue weighted by molar-refractivity contribution is 5.82. The maximum Gasteiger partial charge on any atom is 0.136 e. The van der Waals surface area contributed by atoms with Gasteiger partial charge in [0, 0.05) is 12.8 Å². The quantitative estimate of drug-likeness (QED) is 0.707. The van der Waals surface area contributed by atoms with Gasteiger partial charge in [-0.15, -0.1) is 0 Å². The molecule has 0 aromatic heterocycles. The van der Waals surface area contributed by atoms with E-state index in [1.807, 2.05) is 6.92 Å². The molecule has 0 bridgehead atoms. The predicted octanol–water partition coefficient (Wildman–Crippen LogP) is 2.53. The van der Waals surface area contributed by atoms with E-state index in [0.717, 1.165) is 24.1 Å². The number of oxime groups is 1. The summed E-state index contributed by atoms with van der Waals surface area (Å²) in [5.74, 6) is -0.200. The molecule has 1 unspecified atom stereocenters. The first-order valence-electron chi connectivity index (χ1n) is 4.68. The normalized spacial score (nSPS) is 20.4. The highest BCUT2D eigenvalue weighted by Gasteiger charge is 2.18. The monoisotopic (exact) mass is 193 g/mol. The van der Waals surface area contributed by atoms with Crippen LogP contribution in [-0.4, -0.2) is 11.8 Å². The van der Waals surface area contributed by atoms with Gasteiger partial charge in [0.2, 0.25) is 0 Å². The minimum absolute atomic E-state index is 0.125. The zero-order valence-electron chi connectivity index (χ0n) is 8.03. The second-order valence-electron chi connectivity index (χ2n) is 3.59. The zero-order chi connectivity index (χ0) is 9.97. The Morgan fingerprint density at radius 3 is 2.71 bits per heavy atom. The summed E-state index contributed by atoms with van der Waals surface area (Å²) in [4.78, 5) is 5.19. The smallest absolute Gasteiger partial charge is 0.136 e. The van der Waals surface area contributed by atoms with Gasteiger partial charge in [-0.3, -0.25) is 0 Å². The van der Waals surface area contributed by atoms with Gasteiger partial charge in [-0.1, -0.05) is 17.3 Å². The summed E-state index contributed by atoms with van der Waals surface area (Å²) in [6.45, 7) is 1.95. The van der Waals surface area contributed by atoms with Crippen molar-refractivity contribution < 1.29 is 9.23 Å². The van der Waals surface area contributed by atoms with Crippen molar-refractivity contribution in [2.75, 3.05) is 0 Å². The number of halogens is 1. The van der Waals surface area contributed by atoms with Crippen molar-refractivity contribution >= 4 is 5.71 Å². The Morgan fingerprint density at radius 2 is 2.14 bits per heavy atom. The Morgan fingerprint density at radius 1 is 1.43 bits per heavy atom. The van der Waals surface area contributed by atoms with Crippen LogP contribution in [0.1, 0.15) is 18.9 Å². The third-order valence-electron chi connectivity index (χ3n) is 2.26. The van der Waals surface area contributed by atoms with Crippen molar-refractivity contribution in [3.63, 3.8) is 0 Å². The van der Waals surface area contributed by atoms with Crippen molar-refractivity contribution in [3.8, 4) is 0 Å². The molecule has 0 fully saturated rings. The summed E-state index contributed by atoms with van der Waals surface area (Å²) >= 11 is 0. The fourth-order valence-corrected chi connectivity index (χ4v) is 1.56. The summed E-state index contributed by atoms with van der Waals surface area (Å²) < 4.78 is 12.6. The van der Waals surface area contributed by atoms with Gasteiger partial charge in [-0.25, -0.2) is 4.39 Å². The van der Waals surface area contributed by atoms with E-state index in [2.05, 4.69) is 5.16 Å². The largest absolute Gasteiger partial charge is 0.392 e. The second kappa shape index (κ2) is 3.78. The minimum Gasteiger partial charge on any atom is -0.392 e. The van der Waals surface area contributed by atoms with E-state index in [9.17, 15) is 4.39 Å². The first-order chi connectivity index (χ1) is 6.74. The van der Waals surface area contributed by atoms with Crippen LogP contribution >= 0.6 is 0 Å². The third-order valence-corrected chi connectivity index (χ3v) is 2.26. The SMILES string of the molecule is CC1=NOC(Cc2ccc(F)cc2)C1. The molecule has 3 heteroatoms. The Bertz CT molecular complexity index is 345. The van der Waals surface area contributed by atoms with E-state index in [1.54, 1.807) is 12.1 Å². The van der Waals surface area contributed by atoms with Gasteiger partial charge in [0.15, 0.2) is 0 Å². The first kappa shape index (κ1) is 9.19. The first-order valence-corrected chi connectivity index (χ1v) is 4.68. The molecular weight excluding hydrogens is 181 g/mol. The van der Waals surface area contributed by atoms with Crippen molar-refractivity contribution in [2.24, 2.45) is 5.16 Å². The van der Waals surface area contributed by atoms with Crippen LogP contribution in [0.3, 0.4) is 0 Å². The van der Waals surface area contributed by atoms with Crippen LogP contribution in [-0.2, 0) is 11.3 Å². The standard InChI is InChI=1S/C11H12FNO/c1-8-6-11(14-13-8)7-9-2-4-10(12)5-3-9/h2-5,11H,6-7H2,1H3. The molecule has 0 aliphatic carbocycles. The van der Waals surface area contributed by atoms with Crippen LogP contribution in [0, 0.1) is 5.82 Å². The third kappa shape index (κ3) is 2.10. The van der Waals surface area contributed by atoms with Crippen molar-refractivity contribution in [1.82, 2.24) is 0 Å². The molecule has 1 aromatic rings. The average Bonchev–Trinajstić information content (AvgIpc) is 2.56. The molecule has 2 nitrogen and oxygen atoms in total. The molecule has 1 aliphatic heterocycles. The Kier molecular flexibility index (Phi) is 2.48. The lowest BCUT2D eigenvalue weighted by Gasteiger charge is -2.07. The van der Waals surface area contributed by atoms with Crippen LogP contribution in [0.25, 0.3) is 0 Å². The summed E-state index contributed by atoms with van der Waals surface area (Å²) in [6.07, 6.45) is 1.79. The zero-order valence-corrected chi connectivity index (χ0v) is 8.03. The van der Waals surface area contributed by atoms with Crippen LogP contribution in [0.2, 0.25) is 0 Å². The minimum atomic E-state index is -0.200. The number of benzene rings is 1. The highest BCUT2D eigenvalue weighted by Crippen LogP contribution is 2.15. The summed E-state index contributed by atoms with van der Waals surface area (Å²) in [6, 6.07) is 6.51. The maximum absolute atomic E-state index is 12.6.